The second-order valence-electron chi connectivity index (χ2n) is 5.17. The Hall–Kier alpha value is -0.160. The zero-order valence-electron chi connectivity index (χ0n) is 11.7. The standard InChI is InChI=1S/C13H29N3O/c1-13(2)17-12-6-14-5-4-7-16-10-8-15(3)9-11-16/h13-14H,4-12H2,1-3H3. The maximum absolute atomic E-state index is 5.47. The summed E-state index contributed by atoms with van der Waals surface area (Å²) in [5, 5.41) is 3.43. The molecular formula is C13H29N3O. The van der Waals surface area contributed by atoms with Crippen LogP contribution in [-0.4, -0.2) is 75.4 Å². The molecule has 0 spiro atoms. The fourth-order valence-electron chi connectivity index (χ4n) is 1.99. The van der Waals surface area contributed by atoms with Crippen LogP contribution in [0.4, 0.5) is 0 Å². The first kappa shape index (κ1) is 14.9. The van der Waals surface area contributed by atoms with Crippen molar-refractivity contribution in [1.82, 2.24) is 15.1 Å². The average Bonchev–Trinajstić information content (AvgIpc) is 2.30. The van der Waals surface area contributed by atoms with Crippen molar-refractivity contribution in [2.24, 2.45) is 0 Å². The van der Waals surface area contributed by atoms with E-state index < -0.39 is 0 Å². The predicted molar refractivity (Wildman–Crippen MR) is 72.5 cm³/mol. The molecule has 17 heavy (non-hydrogen) atoms. The molecule has 0 atom stereocenters. The molecule has 1 heterocycles. The predicted octanol–water partition coefficient (Wildman–Crippen LogP) is 0.639. The summed E-state index contributed by atoms with van der Waals surface area (Å²) >= 11 is 0. The second-order valence-corrected chi connectivity index (χ2v) is 5.17. The maximum Gasteiger partial charge on any atom is 0.0594 e. The third-order valence-electron chi connectivity index (χ3n) is 3.15. The van der Waals surface area contributed by atoms with Crippen molar-refractivity contribution < 1.29 is 4.74 Å². The fourth-order valence-corrected chi connectivity index (χ4v) is 1.99. The van der Waals surface area contributed by atoms with Crippen LogP contribution in [0.25, 0.3) is 0 Å². The van der Waals surface area contributed by atoms with E-state index in [0.717, 1.165) is 19.7 Å². The van der Waals surface area contributed by atoms with Crippen LogP contribution in [0.15, 0.2) is 0 Å². The Morgan fingerprint density at radius 3 is 2.47 bits per heavy atom. The molecule has 0 aromatic carbocycles. The minimum atomic E-state index is 0.349. The molecule has 0 saturated carbocycles. The lowest BCUT2D eigenvalue weighted by molar-refractivity contribution is 0.0806. The molecule has 1 rings (SSSR count). The summed E-state index contributed by atoms with van der Waals surface area (Å²) in [7, 11) is 2.20. The fraction of sp³-hybridized carbons (Fsp3) is 1.00. The van der Waals surface area contributed by atoms with Gasteiger partial charge in [0.15, 0.2) is 0 Å². The summed E-state index contributed by atoms with van der Waals surface area (Å²) in [6.07, 6.45) is 1.59. The Morgan fingerprint density at radius 2 is 1.82 bits per heavy atom. The van der Waals surface area contributed by atoms with Gasteiger partial charge in [-0.25, -0.2) is 0 Å². The Balaban J connectivity index is 1.84. The van der Waals surface area contributed by atoms with Crippen LogP contribution >= 0.6 is 0 Å². The molecule has 1 fully saturated rings. The van der Waals surface area contributed by atoms with Gasteiger partial charge in [0.2, 0.25) is 0 Å². The van der Waals surface area contributed by atoms with Gasteiger partial charge in [0.1, 0.15) is 0 Å². The van der Waals surface area contributed by atoms with Crippen LogP contribution in [0.5, 0.6) is 0 Å². The molecule has 4 heteroatoms. The van der Waals surface area contributed by atoms with Crippen LogP contribution in [0.1, 0.15) is 20.3 Å². The lowest BCUT2D eigenvalue weighted by Gasteiger charge is -2.32. The van der Waals surface area contributed by atoms with Gasteiger partial charge >= 0.3 is 0 Å². The highest BCUT2D eigenvalue weighted by Crippen LogP contribution is 1.99. The van der Waals surface area contributed by atoms with E-state index in [4.69, 9.17) is 4.74 Å². The van der Waals surface area contributed by atoms with E-state index in [-0.39, 0.29) is 0 Å². The van der Waals surface area contributed by atoms with Gasteiger partial charge in [0.25, 0.3) is 0 Å². The van der Waals surface area contributed by atoms with Gasteiger partial charge in [-0.3, -0.25) is 0 Å². The number of rotatable bonds is 8. The molecule has 0 radical (unpaired) electrons. The number of piperazine rings is 1. The molecule has 0 amide bonds. The molecular weight excluding hydrogens is 214 g/mol. The number of likely N-dealkylation sites (N-methyl/N-ethyl adjacent to an activating group) is 1. The van der Waals surface area contributed by atoms with Gasteiger partial charge in [0, 0.05) is 32.7 Å². The molecule has 0 aromatic heterocycles. The van der Waals surface area contributed by atoms with Crippen LogP contribution < -0.4 is 5.32 Å². The molecule has 0 bridgehead atoms. The molecule has 0 aliphatic carbocycles. The van der Waals surface area contributed by atoms with E-state index in [0.29, 0.717) is 6.10 Å². The van der Waals surface area contributed by atoms with E-state index in [9.17, 15) is 0 Å². The van der Waals surface area contributed by atoms with Crippen molar-refractivity contribution in [1.29, 1.82) is 0 Å². The van der Waals surface area contributed by atoms with Gasteiger partial charge in [0.05, 0.1) is 12.7 Å². The Morgan fingerprint density at radius 1 is 1.12 bits per heavy atom. The van der Waals surface area contributed by atoms with Gasteiger partial charge in [-0.1, -0.05) is 0 Å². The van der Waals surface area contributed by atoms with E-state index >= 15 is 0 Å². The van der Waals surface area contributed by atoms with Crippen molar-refractivity contribution in [3.63, 3.8) is 0 Å². The molecule has 1 aliphatic rings. The van der Waals surface area contributed by atoms with Crippen molar-refractivity contribution >= 4 is 0 Å². The molecule has 0 unspecified atom stereocenters. The summed E-state index contributed by atoms with van der Waals surface area (Å²) in [5.41, 5.74) is 0. The first-order chi connectivity index (χ1) is 8.18. The summed E-state index contributed by atoms with van der Waals surface area (Å²) in [5.74, 6) is 0. The van der Waals surface area contributed by atoms with Crippen LogP contribution in [0.2, 0.25) is 0 Å². The van der Waals surface area contributed by atoms with Gasteiger partial charge in [-0.05, 0) is 40.4 Å². The Kier molecular flexibility index (Phi) is 7.77. The smallest absolute Gasteiger partial charge is 0.0594 e. The second kappa shape index (κ2) is 8.86. The third-order valence-corrected chi connectivity index (χ3v) is 3.15. The highest BCUT2D eigenvalue weighted by molar-refractivity contribution is 4.69. The zero-order chi connectivity index (χ0) is 12.5. The molecule has 4 nitrogen and oxygen atoms in total. The first-order valence-corrected chi connectivity index (χ1v) is 6.91. The maximum atomic E-state index is 5.47. The van der Waals surface area contributed by atoms with E-state index in [2.05, 4.69) is 36.0 Å². The minimum Gasteiger partial charge on any atom is -0.377 e. The van der Waals surface area contributed by atoms with Gasteiger partial charge < -0.3 is 19.9 Å². The molecule has 102 valence electrons. The molecule has 0 aromatic rings. The quantitative estimate of drug-likeness (QED) is 0.633. The van der Waals surface area contributed by atoms with Crippen molar-refractivity contribution in [2.75, 3.05) is 59.5 Å². The molecule has 1 N–H and O–H groups in total. The van der Waals surface area contributed by atoms with E-state index in [1.54, 1.807) is 0 Å². The summed E-state index contributed by atoms with van der Waals surface area (Å²) in [6.45, 7) is 13.2. The lowest BCUT2D eigenvalue weighted by atomic mass is 10.3. The number of hydrogen-bond acceptors (Lipinski definition) is 4. The number of nitrogens with zero attached hydrogens (tertiary/aromatic N) is 2. The third kappa shape index (κ3) is 7.71. The molecule has 1 saturated heterocycles. The lowest BCUT2D eigenvalue weighted by Crippen LogP contribution is -2.45. The minimum absolute atomic E-state index is 0.349. The SMILES string of the molecule is CC(C)OCCNCCCN1CCN(C)CC1. The summed E-state index contributed by atoms with van der Waals surface area (Å²) < 4.78 is 5.47. The van der Waals surface area contributed by atoms with Crippen LogP contribution in [-0.2, 0) is 4.74 Å². The summed E-state index contributed by atoms with van der Waals surface area (Å²) in [4.78, 5) is 4.96. The van der Waals surface area contributed by atoms with E-state index in [1.807, 2.05) is 0 Å². The average molecular weight is 243 g/mol. The number of hydrogen-bond donors (Lipinski definition) is 1. The van der Waals surface area contributed by atoms with Crippen LogP contribution in [0, 0.1) is 0 Å². The van der Waals surface area contributed by atoms with Crippen LogP contribution in [0.3, 0.4) is 0 Å². The van der Waals surface area contributed by atoms with E-state index in [1.165, 1.54) is 39.1 Å². The number of ether oxygens (including phenoxy) is 1. The van der Waals surface area contributed by atoms with Crippen molar-refractivity contribution in [2.45, 2.75) is 26.4 Å². The highest BCUT2D eigenvalue weighted by atomic mass is 16.5. The van der Waals surface area contributed by atoms with Gasteiger partial charge in [-0.15, -0.1) is 0 Å². The topological polar surface area (TPSA) is 27.7 Å². The molecule has 1 aliphatic heterocycles. The summed E-state index contributed by atoms with van der Waals surface area (Å²) in [6, 6.07) is 0. The normalized spacial score (nSPS) is 19.1. The Labute approximate surface area is 106 Å². The van der Waals surface area contributed by atoms with Crippen molar-refractivity contribution in [3.05, 3.63) is 0 Å². The van der Waals surface area contributed by atoms with Gasteiger partial charge in [-0.2, -0.15) is 0 Å². The van der Waals surface area contributed by atoms with Crippen molar-refractivity contribution in [3.8, 4) is 0 Å². The Bertz CT molecular complexity index is 180. The number of nitrogens with one attached hydrogen (secondary N) is 1. The monoisotopic (exact) mass is 243 g/mol. The first-order valence-electron chi connectivity index (χ1n) is 6.91. The zero-order valence-corrected chi connectivity index (χ0v) is 11.7. The highest BCUT2D eigenvalue weighted by Gasteiger charge is 2.12. The largest absolute Gasteiger partial charge is 0.377 e.